The lowest BCUT2D eigenvalue weighted by Crippen LogP contribution is -2.39. The third-order valence-electron chi connectivity index (χ3n) is 8.22. The van der Waals surface area contributed by atoms with Crippen molar-refractivity contribution in [1.29, 1.82) is 0 Å². The van der Waals surface area contributed by atoms with Crippen LogP contribution in [0.2, 0.25) is 0 Å². The molecular weight excluding hydrogens is 465 g/mol. The molecule has 0 unspecified atom stereocenters. The van der Waals surface area contributed by atoms with Crippen LogP contribution in [0.15, 0.2) is 54.6 Å². The van der Waals surface area contributed by atoms with E-state index in [1.165, 1.54) is 11.1 Å². The van der Waals surface area contributed by atoms with Gasteiger partial charge in [-0.2, -0.15) is 5.10 Å². The zero-order valence-electron chi connectivity index (χ0n) is 21.0. The number of carbonyl (C=O) groups excluding carboxylic acids is 1. The number of nitrogens with zero attached hydrogens (tertiary/aromatic N) is 5. The molecule has 2 aromatic carbocycles. The predicted octanol–water partition coefficient (Wildman–Crippen LogP) is 5.77. The highest BCUT2D eigenvalue weighted by Crippen LogP contribution is 2.41. The Hall–Kier alpha value is -3.74. The van der Waals surface area contributed by atoms with Gasteiger partial charge in [-0.1, -0.05) is 24.3 Å². The fourth-order valence-corrected chi connectivity index (χ4v) is 5.99. The van der Waals surface area contributed by atoms with Gasteiger partial charge in [0.15, 0.2) is 5.65 Å². The Balaban J connectivity index is 1.25. The minimum Gasteiger partial charge on any atom is -0.371 e. The first-order chi connectivity index (χ1) is 18.1. The number of anilines is 1. The second-order valence-electron chi connectivity index (χ2n) is 10.6. The molecule has 1 saturated heterocycles. The van der Waals surface area contributed by atoms with E-state index in [2.05, 4.69) is 30.0 Å². The molecule has 188 valence electrons. The Morgan fingerprint density at radius 2 is 1.81 bits per heavy atom. The van der Waals surface area contributed by atoms with E-state index in [0.29, 0.717) is 35.1 Å². The van der Waals surface area contributed by atoms with Crippen molar-refractivity contribution < 1.29 is 9.18 Å². The molecule has 6 nitrogen and oxygen atoms in total. The standard InChI is InChI=1S/C30H30FN5O/c1-19-23-7-3-2-6-20(23)12-15-35(19)30(37)27-17-28(21-8-9-21)36-29(32-27)18-26(33-36)24-11-10-22(16-25(24)31)34-13-4-5-14-34/h2-3,6-7,10-11,16-19,21H,4-5,8-9,12-15H2,1H3/t19-/m1/s1. The molecule has 0 radical (unpaired) electrons. The monoisotopic (exact) mass is 495 g/mol. The largest absolute Gasteiger partial charge is 0.371 e. The van der Waals surface area contributed by atoms with Crippen molar-refractivity contribution in [3.8, 4) is 11.3 Å². The summed E-state index contributed by atoms with van der Waals surface area (Å²) in [6.07, 6.45) is 5.26. The van der Waals surface area contributed by atoms with Gasteiger partial charge in [0.25, 0.3) is 5.91 Å². The van der Waals surface area contributed by atoms with Gasteiger partial charge in [0, 0.05) is 48.6 Å². The first-order valence-electron chi connectivity index (χ1n) is 13.4. The highest BCUT2D eigenvalue weighted by Gasteiger charge is 2.32. The molecule has 2 aromatic heterocycles. The molecule has 3 aliphatic rings. The van der Waals surface area contributed by atoms with Crippen LogP contribution in [-0.2, 0) is 6.42 Å². The second kappa shape index (κ2) is 8.68. The summed E-state index contributed by atoms with van der Waals surface area (Å²) < 4.78 is 17.1. The van der Waals surface area contributed by atoms with Crippen LogP contribution >= 0.6 is 0 Å². The third kappa shape index (κ3) is 3.88. The quantitative estimate of drug-likeness (QED) is 0.361. The summed E-state index contributed by atoms with van der Waals surface area (Å²) in [5.74, 6) is 0.0138. The van der Waals surface area contributed by atoms with Gasteiger partial charge in [-0.05, 0) is 74.4 Å². The molecule has 2 fully saturated rings. The van der Waals surface area contributed by atoms with Crippen molar-refractivity contribution >= 4 is 17.2 Å². The molecule has 1 amide bonds. The summed E-state index contributed by atoms with van der Waals surface area (Å²) in [5.41, 5.74) is 6.45. The van der Waals surface area contributed by atoms with Gasteiger partial charge in [-0.15, -0.1) is 0 Å². The van der Waals surface area contributed by atoms with Gasteiger partial charge < -0.3 is 9.80 Å². The molecule has 37 heavy (non-hydrogen) atoms. The maximum absolute atomic E-state index is 15.2. The fourth-order valence-electron chi connectivity index (χ4n) is 5.99. The molecule has 0 bridgehead atoms. The van der Waals surface area contributed by atoms with Crippen LogP contribution in [0.25, 0.3) is 16.9 Å². The normalized spacial score (nSPS) is 19.5. The number of hydrogen-bond acceptors (Lipinski definition) is 4. The average Bonchev–Trinajstić information content (AvgIpc) is 3.43. The zero-order valence-corrected chi connectivity index (χ0v) is 21.0. The Bertz CT molecular complexity index is 1520. The molecule has 0 N–H and O–H groups in total. The van der Waals surface area contributed by atoms with E-state index in [0.717, 1.165) is 56.6 Å². The van der Waals surface area contributed by atoms with Crippen LogP contribution in [0.4, 0.5) is 10.1 Å². The fraction of sp³-hybridized carbons (Fsp3) is 0.367. The van der Waals surface area contributed by atoms with Crippen molar-refractivity contribution in [2.45, 2.75) is 51.0 Å². The number of amides is 1. The number of rotatable bonds is 4. The number of carbonyl (C=O) groups is 1. The SMILES string of the molecule is C[C@@H]1c2ccccc2CCN1C(=O)c1cc(C2CC2)n2nc(-c3ccc(N4CCCC4)cc3F)cc2n1. The lowest BCUT2D eigenvalue weighted by molar-refractivity contribution is 0.0671. The van der Waals surface area contributed by atoms with Crippen molar-refractivity contribution in [3.05, 3.63) is 82.9 Å². The van der Waals surface area contributed by atoms with Crippen molar-refractivity contribution in [2.75, 3.05) is 24.5 Å². The molecule has 1 aliphatic carbocycles. The Morgan fingerprint density at radius 1 is 1.00 bits per heavy atom. The van der Waals surface area contributed by atoms with Crippen LogP contribution in [0.3, 0.4) is 0 Å². The summed E-state index contributed by atoms with van der Waals surface area (Å²) in [7, 11) is 0. The summed E-state index contributed by atoms with van der Waals surface area (Å²) in [4.78, 5) is 22.6. The minimum atomic E-state index is -0.280. The maximum atomic E-state index is 15.2. The van der Waals surface area contributed by atoms with Gasteiger partial charge in [0.2, 0.25) is 0 Å². The molecule has 1 saturated carbocycles. The predicted molar refractivity (Wildman–Crippen MR) is 141 cm³/mol. The summed E-state index contributed by atoms with van der Waals surface area (Å²) in [6, 6.07) is 17.5. The lowest BCUT2D eigenvalue weighted by Gasteiger charge is -2.35. The van der Waals surface area contributed by atoms with E-state index in [1.54, 1.807) is 6.07 Å². The Labute approximate surface area is 215 Å². The van der Waals surface area contributed by atoms with Gasteiger partial charge in [0.1, 0.15) is 11.5 Å². The number of hydrogen-bond donors (Lipinski definition) is 0. The van der Waals surface area contributed by atoms with E-state index in [9.17, 15) is 4.79 Å². The third-order valence-corrected chi connectivity index (χ3v) is 8.22. The highest BCUT2D eigenvalue weighted by atomic mass is 19.1. The molecule has 1 atom stereocenters. The van der Waals surface area contributed by atoms with Gasteiger partial charge in [-0.25, -0.2) is 13.9 Å². The highest BCUT2D eigenvalue weighted by molar-refractivity contribution is 5.93. The van der Waals surface area contributed by atoms with Crippen molar-refractivity contribution in [3.63, 3.8) is 0 Å². The molecule has 7 heteroatoms. The molecule has 4 heterocycles. The van der Waals surface area contributed by atoms with Gasteiger partial charge in [-0.3, -0.25) is 4.79 Å². The topological polar surface area (TPSA) is 53.7 Å². The van der Waals surface area contributed by atoms with Crippen molar-refractivity contribution in [2.24, 2.45) is 0 Å². The number of fused-ring (bicyclic) bond motifs is 2. The van der Waals surface area contributed by atoms with E-state index >= 15 is 4.39 Å². The molecular formula is C30H30FN5O. The van der Waals surface area contributed by atoms with Crippen LogP contribution in [0.5, 0.6) is 0 Å². The van der Waals surface area contributed by atoms with Crippen LogP contribution in [0, 0.1) is 5.82 Å². The summed E-state index contributed by atoms with van der Waals surface area (Å²) in [5, 5.41) is 4.77. The van der Waals surface area contributed by atoms with E-state index in [1.807, 2.05) is 39.7 Å². The van der Waals surface area contributed by atoms with Gasteiger partial charge in [0.05, 0.1) is 11.7 Å². The average molecular weight is 496 g/mol. The Morgan fingerprint density at radius 3 is 2.59 bits per heavy atom. The Kier molecular flexibility index (Phi) is 5.27. The number of halogens is 1. The van der Waals surface area contributed by atoms with Crippen LogP contribution < -0.4 is 4.90 Å². The summed E-state index contributed by atoms with van der Waals surface area (Å²) in [6.45, 7) is 4.70. The lowest BCUT2D eigenvalue weighted by atomic mass is 9.93. The van der Waals surface area contributed by atoms with E-state index in [4.69, 9.17) is 10.1 Å². The van der Waals surface area contributed by atoms with Crippen LogP contribution in [-0.4, -0.2) is 45.0 Å². The summed E-state index contributed by atoms with van der Waals surface area (Å²) >= 11 is 0. The maximum Gasteiger partial charge on any atom is 0.273 e. The molecule has 2 aliphatic heterocycles. The van der Waals surface area contributed by atoms with E-state index < -0.39 is 0 Å². The zero-order chi connectivity index (χ0) is 25.1. The first kappa shape index (κ1) is 22.5. The second-order valence-corrected chi connectivity index (χ2v) is 10.6. The minimum absolute atomic E-state index is 0.0106. The molecule has 7 rings (SSSR count). The van der Waals surface area contributed by atoms with E-state index in [-0.39, 0.29) is 17.8 Å². The first-order valence-corrected chi connectivity index (χ1v) is 13.4. The smallest absolute Gasteiger partial charge is 0.273 e. The van der Waals surface area contributed by atoms with Crippen LogP contribution in [0.1, 0.15) is 71.9 Å². The van der Waals surface area contributed by atoms with Crippen molar-refractivity contribution in [1.82, 2.24) is 19.5 Å². The number of aromatic nitrogens is 3. The van der Waals surface area contributed by atoms with Gasteiger partial charge >= 0.3 is 0 Å². The number of benzene rings is 2. The molecule has 0 spiro atoms. The molecule has 4 aromatic rings.